The Labute approximate surface area is 646 Å². The van der Waals surface area contributed by atoms with Crippen molar-refractivity contribution in [3.63, 3.8) is 0 Å². The molecule has 0 amide bonds. The van der Waals surface area contributed by atoms with E-state index in [0.717, 1.165) is 184 Å². The number of rotatable bonds is 21. The van der Waals surface area contributed by atoms with Crippen molar-refractivity contribution in [1.82, 2.24) is 60.8 Å². The quantitative estimate of drug-likeness (QED) is 0.0446. The fraction of sp³-hybridized carbons (Fsp3) is 0.354. The number of aromatic nitrogens is 9. The monoisotopic (exact) mass is 1550 g/mol. The van der Waals surface area contributed by atoms with Gasteiger partial charge in [-0.05, 0) is 239 Å². The minimum Gasteiger partial charge on any atom is -0.308 e. The minimum atomic E-state index is -4.44. The van der Waals surface area contributed by atoms with E-state index in [-0.39, 0.29) is 63.6 Å². The van der Waals surface area contributed by atoms with Gasteiger partial charge in [0.25, 0.3) is 0 Å². The van der Waals surface area contributed by atoms with Crippen LogP contribution in [0.3, 0.4) is 0 Å². The molecule has 9 aromatic rings. The Balaban J connectivity index is 0.000000143. The molecule has 3 saturated carbocycles. The third-order valence-corrected chi connectivity index (χ3v) is 24.3. The molecule has 0 spiro atoms. The van der Waals surface area contributed by atoms with Gasteiger partial charge in [0.05, 0.1) is 95.7 Å². The SMILES string of the molecule is CC(NC1CCC(Cc2nccc(/C=C3\SC(=O)CC3=O)n2)CC1)c1cccc(-c2ccsc2)n1.O=C1CC(=O)/C(=C/c2ccnc(CC3CCC(NCc4cccc(-c5ccccc5C(F)(F)F)n4)CC3)n2)S1.O=C1CC(=O)/C(=C/c2ccnc(CC3CCC(NCc4cccc(-c5cccs5)n4)CC3)n2)S1. The third kappa shape index (κ3) is 22.0. The predicted octanol–water partition coefficient (Wildman–Crippen LogP) is 16.7. The largest absolute Gasteiger partial charge is 0.417 e. The van der Waals surface area contributed by atoms with Crippen molar-refractivity contribution < 1.29 is 41.9 Å². The molecule has 0 bridgehead atoms. The van der Waals surface area contributed by atoms with Crippen molar-refractivity contribution >= 4 is 109 Å². The number of hydrogen-bond acceptors (Lipinski definition) is 23. The van der Waals surface area contributed by atoms with Gasteiger partial charge in [0.15, 0.2) is 17.3 Å². The summed E-state index contributed by atoms with van der Waals surface area (Å²) in [6.45, 7) is 3.46. The summed E-state index contributed by atoms with van der Waals surface area (Å²) in [6, 6.07) is 36.3. The second-order valence-corrected chi connectivity index (χ2v) is 32.9. The maximum Gasteiger partial charge on any atom is 0.417 e. The number of thioether (sulfide) groups is 3. The van der Waals surface area contributed by atoms with Crippen LogP contribution < -0.4 is 16.0 Å². The van der Waals surface area contributed by atoms with Gasteiger partial charge in [0, 0.05) is 91.6 Å². The minimum absolute atomic E-state index is 0.0121. The number of pyridine rings is 3. The van der Waals surface area contributed by atoms with Crippen LogP contribution in [-0.4, -0.2) is 95.7 Å². The Morgan fingerprint density at radius 1 is 0.463 bits per heavy atom. The highest BCUT2D eigenvalue weighted by Crippen LogP contribution is 2.39. The molecule has 556 valence electrons. The number of carbonyl (C=O) groups is 6. The van der Waals surface area contributed by atoms with Gasteiger partial charge in [-0.1, -0.05) is 42.5 Å². The molecule has 6 aliphatic rings. The van der Waals surface area contributed by atoms with E-state index in [0.29, 0.717) is 85.6 Å². The molecular formula is C82H81F3N12O6S5. The van der Waals surface area contributed by atoms with Gasteiger partial charge >= 0.3 is 6.18 Å². The van der Waals surface area contributed by atoms with Crippen molar-refractivity contribution in [1.29, 1.82) is 0 Å². The van der Waals surface area contributed by atoms with Crippen LogP contribution in [0, 0.1) is 17.8 Å². The molecule has 1 aromatic carbocycles. The normalized spacial score (nSPS) is 21.8. The number of benzene rings is 1. The number of thiophene rings is 2. The molecule has 8 aromatic heterocycles. The molecule has 3 N–H and O–H groups in total. The highest BCUT2D eigenvalue weighted by Gasteiger charge is 2.35. The molecule has 18 nitrogen and oxygen atoms in total. The molecule has 0 radical (unpaired) electrons. The van der Waals surface area contributed by atoms with E-state index >= 15 is 0 Å². The zero-order valence-corrected chi connectivity index (χ0v) is 63.6. The van der Waals surface area contributed by atoms with Gasteiger partial charge in [0.1, 0.15) is 17.5 Å². The summed E-state index contributed by atoms with van der Waals surface area (Å²) in [5, 5.41) is 17.0. The topological polar surface area (TPSA) is 255 Å². The summed E-state index contributed by atoms with van der Waals surface area (Å²) in [6.07, 6.45) is 21.1. The van der Waals surface area contributed by atoms with Gasteiger partial charge in [-0.3, -0.25) is 43.7 Å². The zero-order chi connectivity index (χ0) is 74.9. The lowest BCUT2D eigenvalue weighted by molar-refractivity contribution is -0.137. The highest BCUT2D eigenvalue weighted by molar-refractivity contribution is 8.19. The van der Waals surface area contributed by atoms with Gasteiger partial charge in [-0.15, -0.1) is 11.3 Å². The smallest absolute Gasteiger partial charge is 0.308 e. The van der Waals surface area contributed by atoms with E-state index in [4.69, 9.17) is 9.97 Å². The fourth-order valence-electron chi connectivity index (χ4n) is 14.3. The number of nitrogens with zero attached hydrogens (tertiary/aromatic N) is 9. The van der Waals surface area contributed by atoms with E-state index < -0.39 is 11.7 Å². The molecule has 1 atom stereocenters. The molecule has 3 saturated heterocycles. The zero-order valence-electron chi connectivity index (χ0n) is 59.5. The summed E-state index contributed by atoms with van der Waals surface area (Å²) in [5.41, 5.74) is 7.83. The first-order valence-electron chi connectivity index (χ1n) is 36.6. The standard InChI is InChI=1S/C29H27F3N4O2S.C27H28N4O2S2.C26H26N4O2S2/c30-29(31,32)23-6-2-1-5-22(23)24-7-3-4-21(35-24)17-34-19-10-8-18(9-11-19)14-27-33-13-12-20(36-27)15-26-25(37)16-28(38)39-26;1-17(22-3-2-4-23(31-22)19-10-12-34-16-19)29-20-7-5-18(6-8-20)13-26-28-11-9-21(30-26)14-25-24(32)15-27(33)35-25;31-22-15-26(32)34-24(22)14-19-10-11-27-25(30-19)13-17-6-8-18(9-7-17)28-16-20-3-1-4-21(29-20)23-5-2-12-33-23/h1-7,12-13,15,18-19,34H,8-11,14,16-17H2;2-4,9-12,14,16-18,20,29H,5-8,13,15H2,1H3;1-5,10-12,14,17-18,28H,6-9,13,15-16H2/b26-15-;25-14-;24-14-. The molecule has 3 aliphatic heterocycles. The van der Waals surface area contributed by atoms with Crippen LogP contribution in [0.25, 0.3) is 51.3 Å². The average Bonchev–Trinajstić information content (AvgIpc) is 1.46. The predicted molar refractivity (Wildman–Crippen MR) is 420 cm³/mol. The highest BCUT2D eigenvalue weighted by atomic mass is 32.2. The van der Waals surface area contributed by atoms with E-state index in [2.05, 4.69) is 128 Å². The van der Waals surface area contributed by atoms with E-state index in [1.165, 1.54) is 22.6 Å². The summed E-state index contributed by atoms with van der Waals surface area (Å²) in [5.74, 6) is 3.49. The van der Waals surface area contributed by atoms with E-state index in [1.54, 1.807) is 95.9 Å². The summed E-state index contributed by atoms with van der Waals surface area (Å²) >= 11 is 6.41. The number of allylic oxidation sites excluding steroid dienone is 3. The molecular weight excluding hydrogens is 1470 g/mol. The Bertz CT molecular complexity index is 4780. The Morgan fingerprint density at radius 2 is 0.917 bits per heavy atom. The second-order valence-electron chi connectivity index (χ2n) is 27.9. The van der Waals surface area contributed by atoms with Crippen molar-refractivity contribution in [3.05, 3.63) is 222 Å². The number of hydrogen-bond donors (Lipinski definition) is 3. The van der Waals surface area contributed by atoms with Crippen LogP contribution >= 0.6 is 58.0 Å². The first-order chi connectivity index (χ1) is 52.4. The van der Waals surface area contributed by atoms with Crippen molar-refractivity contribution in [2.24, 2.45) is 17.8 Å². The van der Waals surface area contributed by atoms with Crippen LogP contribution in [0.2, 0.25) is 0 Å². The molecule has 1 unspecified atom stereocenters. The van der Waals surface area contributed by atoms with Crippen LogP contribution in [0.15, 0.2) is 165 Å². The molecule has 15 rings (SSSR count). The second kappa shape index (κ2) is 37.1. The molecule has 26 heteroatoms. The lowest BCUT2D eigenvalue weighted by atomic mass is 9.83. The van der Waals surface area contributed by atoms with Gasteiger partial charge < -0.3 is 16.0 Å². The van der Waals surface area contributed by atoms with Crippen LogP contribution in [0.5, 0.6) is 0 Å². The van der Waals surface area contributed by atoms with Crippen LogP contribution in [0.1, 0.15) is 166 Å². The van der Waals surface area contributed by atoms with Crippen LogP contribution in [0.4, 0.5) is 13.2 Å². The molecule has 11 heterocycles. The summed E-state index contributed by atoms with van der Waals surface area (Å²) < 4.78 is 40.3. The Hall–Kier alpha value is -8.73. The third-order valence-electron chi connectivity index (χ3n) is 19.9. The molecule has 6 fully saturated rings. The number of alkyl halides is 3. The van der Waals surface area contributed by atoms with Gasteiger partial charge in [-0.2, -0.15) is 24.5 Å². The van der Waals surface area contributed by atoms with Crippen molar-refractivity contribution in [2.75, 3.05) is 0 Å². The Kier molecular flexibility index (Phi) is 26.6. The fourth-order valence-corrected chi connectivity index (χ4v) is 18.1. The number of nitrogens with one attached hydrogen (secondary N) is 3. The van der Waals surface area contributed by atoms with Gasteiger partial charge in [-0.25, -0.2) is 29.9 Å². The number of carbonyl (C=O) groups excluding carboxylic acids is 6. The lowest BCUT2D eigenvalue weighted by Crippen LogP contribution is -2.35. The van der Waals surface area contributed by atoms with E-state index in [9.17, 15) is 41.9 Å². The number of ketones is 3. The summed E-state index contributed by atoms with van der Waals surface area (Å²) in [7, 11) is 0. The lowest BCUT2D eigenvalue weighted by Gasteiger charge is -2.31. The average molecular weight is 1550 g/mol. The summed E-state index contributed by atoms with van der Waals surface area (Å²) in [4.78, 5) is 114. The number of halogens is 3. The van der Waals surface area contributed by atoms with Crippen molar-refractivity contribution in [3.8, 4) is 33.1 Å². The first kappa shape index (κ1) is 77.4. The maximum absolute atomic E-state index is 13.4. The van der Waals surface area contributed by atoms with Crippen LogP contribution in [-0.2, 0) is 67.3 Å². The maximum atomic E-state index is 13.4. The number of Topliss-reactive ketones (excluding diaryl/α,β-unsaturated/α-hetero) is 3. The molecule has 3 aliphatic carbocycles. The molecule has 108 heavy (non-hydrogen) atoms. The first-order valence-corrected chi connectivity index (χ1v) is 40.8. The van der Waals surface area contributed by atoms with Crippen molar-refractivity contribution in [2.45, 2.75) is 166 Å². The van der Waals surface area contributed by atoms with E-state index in [1.807, 2.05) is 6.07 Å². The Morgan fingerprint density at radius 3 is 1.36 bits per heavy atom. The van der Waals surface area contributed by atoms with Gasteiger partial charge in [0.2, 0.25) is 15.3 Å².